The molecule has 4 nitrogen and oxygen atoms in total. The highest BCUT2D eigenvalue weighted by molar-refractivity contribution is 5.22. The summed E-state index contributed by atoms with van der Waals surface area (Å²) >= 11 is 0. The second-order valence-electron chi connectivity index (χ2n) is 3.92. The highest BCUT2D eigenvalue weighted by Gasteiger charge is 2.00. The number of pyridine rings is 1. The van der Waals surface area contributed by atoms with Crippen molar-refractivity contribution < 1.29 is 0 Å². The molecule has 16 heavy (non-hydrogen) atoms. The SMILES string of the molecule is Cc1cnc(CNCc2ncc[nH]2)c(C)c1. The topological polar surface area (TPSA) is 53.6 Å². The van der Waals surface area contributed by atoms with E-state index in [0.717, 1.165) is 24.6 Å². The van der Waals surface area contributed by atoms with Gasteiger partial charge in [-0.2, -0.15) is 0 Å². The molecule has 2 heterocycles. The van der Waals surface area contributed by atoms with Crippen LogP contribution >= 0.6 is 0 Å². The summed E-state index contributed by atoms with van der Waals surface area (Å²) in [4.78, 5) is 11.6. The average molecular weight is 216 g/mol. The van der Waals surface area contributed by atoms with Crippen LogP contribution in [-0.2, 0) is 13.1 Å². The highest BCUT2D eigenvalue weighted by Crippen LogP contribution is 2.06. The van der Waals surface area contributed by atoms with Gasteiger partial charge in [0.2, 0.25) is 0 Å². The third kappa shape index (κ3) is 2.67. The first-order valence-electron chi connectivity index (χ1n) is 5.37. The Balaban J connectivity index is 1.90. The van der Waals surface area contributed by atoms with Crippen molar-refractivity contribution in [2.24, 2.45) is 0 Å². The maximum Gasteiger partial charge on any atom is 0.120 e. The quantitative estimate of drug-likeness (QED) is 0.818. The number of nitrogens with zero attached hydrogens (tertiary/aromatic N) is 2. The van der Waals surface area contributed by atoms with E-state index in [9.17, 15) is 0 Å². The molecule has 0 saturated carbocycles. The van der Waals surface area contributed by atoms with Crippen LogP contribution in [0.5, 0.6) is 0 Å². The van der Waals surface area contributed by atoms with Crippen LogP contribution in [0.4, 0.5) is 0 Å². The van der Waals surface area contributed by atoms with Crippen LogP contribution in [0.15, 0.2) is 24.7 Å². The van der Waals surface area contributed by atoms with E-state index in [-0.39, 0.29) is 0 Å². The Morgan fingerprint density at radius 2 is 2.12 bits per heavy atom. The Labute approximate surface area is 95.1 Å². The number of aryl methyl sites for hydroxylation is 2. The van der Waals surface area contributed by atoms with E-state index in [1.54, 1.807) is 6.20 Å². The van der Waals surface area contributed by atoms with E-state index in [1.165, 1.54) is 11.1 Å². The average Bonchev–Trinajstić information content (AvgIpc) is 2.74. The van der Waals surface area contributed by atoms with Gasteiger partial charge in [-0.1, -0.05) is 6.07 Å². The van der Waals surface area contributed by atoms with Crippen LogP contribution < -0.4 is 5.32 Å². The molecule has 0 fully saturated rings. The van der Waals surface area contributed by atoms with Gasteiger partial charge in [-0.15, -0.1) is 0 Å². The van der Waals surface area contributed by atoms with Gasteiger partial charge in [0.15, 0.2) is 0 Å². The summed E-state index contributed by atoms with van der Waals surface area (Å²) in [6, 6.07) is 2.15. The summed E-state index contributed by atoms with van der Waals surface area (Å²) in [6.07, 6.45) is 5.48. The van der Waals surface area contributed by atoms with Gasteiger partial charge < -0.3 is 10.3 Å². The first-order valence-corrected chi connectivity index (χ1v) is 5.37. The molecule has 0 aromatic carbocycles. The highest BCUT2D eigenvalue weighted by atomic mass is 15.0. The predicted molar refractivity (Wildman–Crippen MR) is 62.8 cm³/mol. The molecule has 0 bridgehead atoms. The van der Waals surface area contributed by atoms with E-state index >= 15 is 0 Å². The molecule has 84 valence electrons. The molecule has 0 aliphatic heterocycles. The maximum atomic E-state index is 4.40. The number of H-pyrrole nitrogens is 1. The summed E-state index contributed by atoms with van der Waals surface area (Å²) < 4.78 is 0. The molecule has 0 unspecified atom stereocenters. The van der Waals surface area contributed by atoms with Crippen LogP contribution in [0.2, 0.25) is 0 Å². The predicted octanol–water partition coefficient (Wildman–Crippen LogP) is 1.71. The third-order valence-corrected chi connectivity index (χ3v) is 2.46. The molecular formula is C12H16N4. The summed E-state index contributed by atoms with van der Waals surface area (Å²) in [5.74, 6) is 0.949. The van der Waals surface area contributed by atoms with Crippen LogP contribution in [0.1, 0.15) is 22.6 Å². The Morgan fingerprint density at radius 3 is 2.81 bits per heavy atom. The van der Waals surface area contributed by atoms with Crippen LogP contribution in [0.25, 0.3) is 0 Å². The van der Waals surface area contributed by atoms with Crippen molar-refractivity contribution in [3.8, 4) is 0 Å². The van der Waals surface area contributed by atoms with Crippen LogP contribution in [-0.4, -0.2) is 15.0 Å². The van der Waals surface area contributed by atoms with Crippen molar-refractivity contribution in [1.82, 2.24) is 20.3 Å². The summed E-state index contributed by atoms with van der Waals surface area (Å²) in [5, 5.41) is 3.31. The van der Waals surface area contributed by atoms with E-state index < -0.39 is 0 Å². The Morgan fingerprint density at radius 1 is 1.25 bits per heavy atom. The third-order valence-electron chi connectivity index (χ3n) is 2.46. The van der Waals surface area contributed by atoms with Crippen molar-refractivity contribution in [2.45, 2.75) is 26.9 Å². The van der Waals surface area contributed by atoms with Gasteiger partial charge in [0.1, 0.15) is 5.82 Å². The van der Waals surface area contributed by atoms with Gasteiger partial charge in [0.05, 0.1) is 12.2 Å². The van der Waals surface area contributed by atoms with E-state index in [2.05, 4.69) is 40.2 Å². The molecule has 2 aromatic rings. The monoisotopic (exact) mass is 216 g/mol. The second-order valence-corrected chi connectivity index (χ2v) is 3.92. The number of hydrogen-bond acceptors (Lipinski definition) is 3. The lowest BCUT2D eigenvalue weighted by atomic mass is 10.1. The Hall–Kier alpha value is -1.68. The number of aromatic amines is 1. The first kappa shape index (κ1) is 10.8. The fourth-order valence-corrected chi connectivity index (χ4v) is 1.62. The molecule has 0 amide bonds. The van der Waals surface area contributed by atoms with E-state index in [4.69, 9.17) is 0 Å². The fourth-order valence-electron chi connectivity index (χ4n) is 1.62. The van der Waals surface area contributed by atoms with Gasteiger partial charge in [-0.05, 0) is 25.0 Å². The zero-order chi connectivity index (χ0) is 11.4. The lowest BCUT2D eigenvalue weighted by Crippen LogP contribution is -2.15. The van der Waals surface area contributed by atoms with Gasteiger partial charge >= 0.3 is 0 Å². The standard InChI is InChI=1S/C12H16N4/c1-9-5-10(2)11(16-6-9)7-13-8-12-14-3-4-15-12/h3-6,13H,7-8H2,1-2H3,(H,14,15). The van der Waals surface area contributed by atoms with Crippen molar-refractivity contribution in [1.29, 1.82) is 0 Å². The van der Waals surface area contributed by atoms with Crippen molar-refractivity contribution in [3.05, 3.63) is 47.3 Å². The summed E-state index contributed by atoms with van der Waals surface area (Å²) in [7, 11) is 0. The minimum atomic E-state index is 0.738. The Bertz CT molecular complexity index is 448. The molecule has 2 N–H and O–H groups in total. The zero-order valence-corrected chi connectivity index (χ0v) is 9.62. The summed E-state index contributed by atoms with van der Waals surface area (Å²) in [5.41, 5.74) is 3.52. The molecule has 0 aliphatic rings. The largest absolute Gasteiger partial charge is 0.348 e. The Kier molecular flexibility index (Phi) is 3.31. The minimum Gasteiger partial charge on any atom is -0.348 e. The fraction of sp³-hybridized carbons (Fsp3) is 0.333. The molecule has 2 rings (SSSR count). The molecule has 0 aliphatic carbocycles. The summed E-state index contributed by atoms with van der Waals surface area (Å²) in [6.45, 7) is 5.65. The van der Waals surface area contributed by atoms with Crippen molar-refractivity contribution in [3.63, 3.8) is 0 Å². The lowest BCUT2D eigenvalue weighted by Gasteiger charge is -2.06. The van der Waals surface area contributed by atoms with Crippen LogP contribution in [0, 0.1) is 13.8 Å². The normalized spacial score (nSPS) is 10.6. The maximum absolute atomic E-state index is 4.40. The number of imidazole rings is 1. The van der Waals surface area contributed by atoms with E-state index in [1.807, 2.05) is 12.4 Å². The smallest absolute Gasteiger partial charge is 0.120 e. The molecule has 4 heteroatoms. The molecule has 0 spiro atoms. The van der Waals surface area contributed by atoms with E-state index in [0.29, 0.717) is 0 Å². The molecule has 0 radical (unpaired) electrons. The van der Waals surface area contributed by atoms with Crippen molar-refractivity contribution in [2.75, 3.05) is 0 Å². The zero-order valence-electron chi connectivity index (χ0n) is 9.62. The van der Waals surface area contributed by atoms with Gasteiger partial charge in [-0.3, -0.25) is 4.98 Å². The van der Waals surface area contributed by atoms with Gasteiger partial charge in [0, 0.05) is 25.1 Å². The molecule has 0 atom stereocenters. The minimum absolute atomic E-state index is 0.738. The number of hydrogen-bond donors (Lipinski definition) is 2. The number of aromatic nitrogens is 3. The lowest BCUT2D eigenvalue weighted by molar-refractivity contribution is 0.654. The first-order chi connectivity index (χ1) is 7.75. The molecule has 2 aromatic heterocycles. The number of nitrogens with one attached hydrogen (secondary N) is 2. The number of rotatable bonds is 4. The molecule has 0 saturated heterocycles. The molecular weight excluding hydrogens is 200 g/mol. The van der Waals surface area contributed by atoms with Crippen LogP contribution in [0.3, 0.4) is 0 Å². The van der Waals surface area contributed by atoms with Gasteiger partial charge in [0.25, 0.3) is 0 Å². The second kappa shape index (κ2) is 4.90. The van der Waals surface area contributed by atoms with Gasteiger partial charge in [-0.25, -0.2) is 4.98 Å². The van der Waals surface area contributed by atoms with Crippen molar-refractivity contribution >= 4 is 0 Å².